The van der Waals surface area contributed by atoms with E-state index in [9.17, 15) is 9.59 Å². The minimum absolute atomic E-state index is 0.0593. The van der Waals surface area contributed by atoms with E-state index in [0.717, 1.165) is 25.1 Å². The molecule has 0 spiro atoms. The SMILES string of the molecule is COc1ccc(OC)c(C2NC(=O)N(C)C3=C2C(=O)N(CC2CCCO2)C3)c1. The summed E-state index contributed by atoms with van der Waals surface area (Å²) in [6.07, 6.45) is 2.03. The number of urea groups is 1. The monoisotopic (exact) mass is 387 g/mol. The molecule has 150 valence electrons. The molecule has 2 unspecified atom stereocenters. The Balaban J connectivity index is 1.70. The first-order valence-electron chi connectivity index (χ1n) is 9.43. The van der Waals surface area contributed by atoms with Gasteiger partial charge in [-0.1, -0.05) is 0 Å². The number of carbonyl (C=O) groups is 2. The van der Waals surface area contributed by atoms with Gasteiger partial charge in [-0.25, -0.2) is 4.79 Å². The average molecular weight is 387 g/mol. The summed E-state index contributed by atoms with van der Waals surface area (Å²) in [5, 5.41) is 2.94. The molecule has 2 atom stereocenters. The summed E-state index contributed by atoms with van der Waals surface area (Å²) >= 11 is 0. The number of ether oxygens (including phenoxy) is 3. The van der Waals surface area contributed by atoms with Gasteiger partial charge in [0.2, 0.25) is 0 Å². The molecule has 0 radical (unpaired) electrons. The molecule has 1 N–H and O–H groups in total. The Bertz CT molecular complexity index is 831. The van der Waals surface area contributed by atoms with Crippen molar-refractivity contribution >= 4 is 11.9 Å². The molecule has 0 bridgehead atoms. The van der Waals surface area contributed by atoms with E-state index < -0.39 is 6.04 Å². The quantitative estimate of drug-likeness (QED) is 0.831. The van der Waals surface area contributed by atoms with Gasteiger partial charge >= 0.3 is 6.03 Å². The van der Waals surface area contributed by atoms with E-state index in [4.69, 9.17) is 14.2 Å². The third-order valence-corrected chi connectivity index (χ3v) is 5.63. The van der Waals surface area contributed by atoms with Gasteiger partial charge in [0.05, 0.1) is 44.2 Å². The van der Waals surface area contributed by atoms with E-state index in [1.165, 1.54) is 4.90 Å². The number of amides is 3. The summed E-state index contributed by atoms with van der Waals surface area (Å²) in [5.41, 5.74) is 2.00. The molecule has 1 fully saturated rings. The van der Waals surface area contributed by atoms with Gasteiger partial charge in [-0.2, -0.15) is 0 Å². The largest absolute Gasteiger partial charge is 0.497 e. The van der Waals surface area contributed by atoms with E-state index in [1.807, 2.05) is 0 Å². The first-order valence-corrected chi connectivity index (χ1v) is 9.43. The molecule has 0 aliphatic carbocycles. The maximum Gasteiger partial charge on any atom is 0.322 e. The number of hydrogen-bond donors (Lipinski definition) is 1. The van der Waals surface area contributed by atoms with Gasteiger partial charge in [0.15, 0.2) is 0 Å². The molecule has 8 nitrogen and oxygen atoms in total. The zero-order chi connectivity index (χ0) is 19.8. The molecule has 8 heteroatoms. The molecule has 4 rings (SSSR count). The lowest BCUT2D eigenvalue weighted by Crippen LogP contribution is -2.45. The van der Waals surface area contributed by atoms with Crippen LogP contribution in [0.5, 0.6) is 11.5 Å². The van der Waals surface area contributed by atoms with E-state index in [2.05, 4.69) is 5.32 Å². The normalized spacial score (nSPS) is 24.5. The fourth-order valence-corrected chi connectivity index (χ4v) is 4.10. The van der Waals surface area contributed by atoms with Crippen LogP contribution in [-0.2, 0) is 9.53 Å². The van der Waals surface area contributed by atoms with Crippen molar-refractivity contribution in [2.24, 2.45) is 0 Å². The lowest BCUT2D eigenvalue weighted by molar-refractivity contribution is -0.127. The molecule has 3 heterocycles. The lowest BCUT2D eigenvalue weighted by Gasteiger charge is -2.31. The minimum atomic E-state index is -0.592. The number of nitrogens with zero attached hydrogens (tertiary/aromatic N) is 2. The van der Waals surface area contributed by atoms with Crippen LogP contribution in [0.2, 0.25) is 0 Å². The topological polar surface area (TPSA) is 80.3 Å². The number of carbonyl (C=O) groups excluding carboxylic acids is 2. The second-order valence-electron chi connectivity index (χ2n) is 7.23. The highest BCUT2D eigenvalue weighted by Gasteiger charge is 2.44. The zero-order valence-electron chi connectivity index (χ0n) is 16.4. The van der Waals surface area contributed by atoms with Gasteiger partial charge < -0.3 is 24.4 Å². The molecule has 3 aliphatic heterocycles. The van der Waals surface area contributed by atoms with Gasteiger partial charge in [0, 0.05) is 25.8 Å². The molecular weight excluding hydrogens is 362 g/mol. The molecule has 0 saturated carbocycles. The molecule has 0 aromatic heterocycles. The van der Waals surface area contributed by atoms with E-state index in [1.54, 1.807) is 44.4 Å². The molecule has 3 amide bonds. The maximum atomic E-state index is 13.3. The van der Waals surface area contributed by atoms with Crippen molar-refractivity contribution in [1.29, 1.82) is 0 Å². The summed E-state index contributed by atoms with van der Waals surface area (Å²) in [6, 6.07) is 4.53. The first kappa shape index (κ1) is 18.6. The molecule has 1 aromatic carbocycles. The Labute approximate surface area is 164 Å². The number of rotatable bonds is 5. The van der Waals surface area contributed by atoms with Gasteiger partial charge in [0.1, 0.15) is 11.5 Å². The predicted molar refractivity (Wildman–Crippen MR) is 101 cm³/mol. The molecule has 1 aromatic rings. The standard InChI is InChI=1S/C20H25N3O5/c1-22-15-11-23(10-13-5-4-8-28-13)19(24)17(15)18(21-20(22)25)14-9-12(26-2)6-7-16(14)27-3/h6-7,9,13,18H,4-5,8,10-11H2,1-3H3,(H,21,25). The fraction of sp³-hybridized carbons (Fsp3) is 0.500. The Kier molecular flexibility index (Phi) is 4.89. The Morgan fingerprint density at radius 2 is 2.07 bits per heavy atom. The smallest absolute Gasteiger partial charge is 0.322 e. The Morgan fingerprint density at radius 3 is 2.75 bits per heavy atom. The van der Waals surface area contributed by atoms with Crippen LogP contribution in [0.3, 0.4) is 0 Å². The number of benzene rings is 1. The third-order valence-electron chi connectivity index (χ3n) is 5.63. The third kappa shape index (κ3) is 3.07. The van der Waals surface area contributed by atoms with E-state index in [-0.39, 0.29) is 18.0 Å². The first-order chi connectivity index (χ1) is 13.5. The van der Waals surface area contributed by atoms with Crippen molar-refractivity contribution in [2.45, 2.75) is 25.0 Å². The van der Waals surface area contributed by atoms with Crippen LogP contribution in [0.1, 0.15) is 24.4 Å². The van der Waals surface area contributed by atoms with Crippen LogP contribution in [0.25, 0.3) is 0 Å². The van der Waals surface area contributed by atoms with Crippen LogP contribution < -0.4 is 14.8 Å². The van der Waals surface area contributed by atoms with E-state index in [0.29, 0.717) is 35.7 Å². The summed E-state index contributed by atoms with van der Waals surface area (Å²) in [7, 11) is 4.83. The van der Waals surface area contributed by atoms with Crippen molar-refractivity contribution in [1.82, 2.24) is 15.1 Å². The second-order valence-corrected chi connectivity index (χ2v) is 7.23. The molecule has 28 heavy (non-hydrogen) atoms. The highest BCUT2D eigenvalue weighted by molar-refractivity contribution is 6.01. The van der Waals surface area contributed by atoms with Crippen LogP contribution >= 0.6 is 0 Å². The molecular formula is C20H25N3O5. The van der Waals surface area contributed by atoms with Crippen molar-refractivity contribution < 1.29 is 23.8 Å². The fourth-order valence-electron chi connectivity index (χ4n) is 4.10. The summed E-state index contributed by atoms with van der Waals surface area (Å²) in [6.45, 7) is 1.68. The average Bonchev–Trinajstić information content (AvgIpc) is 3.33. The predicted octanol–water partition coefficient (Wildman–Crippen LogP) is 1.68. The molecule has 1 saturated heterocycles. The van der Waals surface area contributed by atoms with Crippen molar-refractivity contribution in [3.05, 3.63) is 35.0 Å². The number of likely N-dealkylation sites (N-methyl/N-ethyl adjacent to an activating group) is 1. The summed E-state index contributed by atoms with van der Waals surface area (Å²) in [4.78, 5) is 29.2. The van der Waals surface area contributed by atoms with Crippen LogP contribution in [-0.4, -0.2) is 68.8 Å². The summed E-state index contributed by atoms with van der Waals surface area (Å²) < 4.78 is 16.5. The zero-order valence-corrected chi connectivity index (χ0v) is 16.4. The Hall–Kier alpha value is -2.74. The molecule has 3 aliphatic rings. The van der Waals surface area contributed by atoms with Crippen LogP contribution in [0.4, 0.5) is 4.79 Å². The highest BCUT2D eigenvalue weighted by Crippen LogP contribution is 2.40. The van der Waals surface area contributed by atoms with Crippen molar-refractivity contribution in [3.63, 3.8) is 0 Å². The number of nitrogens with one attached hydrogen (secondary N) is 1. The maximum absolute atomic E-state index is 13.3. The van der Waals surface area contributed by atoms with Crippen LogP contribution in [0, 0.1) is 0 Å². The van der Waals surface area contributed by atoms with Crippen LogP contribution in [0.15, 0.2) is 29.5 Å². The minimum Gasteiger partial charge on any atom is -0.497 e. The Morgan fingerprint density at radius 1 is 1.25 bits per heavy atom. The number of hydrogen-bond acceptors (Lipinski definition) is 5. The highest BCUT2D eigenvalue weighted by atomic mass is 16.5. The van der Waals surface area contributed by atoms with Crippen molar-refractivity contribution in [3.8, 4) is 11.5 Å². The van der Waals surface area contributed by atoms with Gasteiger partial charge in [-0.3, -0.25) is 9.69 Å². The van der Waals surface area contributed by atoms with Gasteiger partial charge in [-0.15, -0.1) is 0 Å². The van der Waals surface area contributed by atoms with Crippen molar-refractivity contribution in [2.75, 3.05) is 41.0 Å². The van der Waals surface area contributed by atoms with Gasteiger partial charge in [0.25, 0.3) is 5.91 Å². The summed E-state index contributed by atoms with van der Waals surface area (Å²) in [5.74, 6) is 1.15. The van der Waals surface area contributed by atoms with Gasteiger partial charge in [-0.05, 0) is 31.0 Å². The lowest BCUT2D eigenvalue weighted by atomic mass is 9.94. The number of methoxy groups -OCH3 is 2. The second kappa shape index (κ2) is 7.35. The van der Waals surface area contributed by atoms with E-state index >= 15 is 0 Å².